The van der Waals surface area contributed by atoms with Gasteiger partial charge < -0.3 is 9.94 Å². The highest BCUT2D eigenvalue weighted by Gasteiger charge is 2.33. The predicted molar refractivity (Wildman–Crippen MR) is 76.3 cm³/mol. The second kappa shape index (κ2) is 7.37. The molecule has 0 amide bonds. The molecule has 0 aromatic heterocycles. The molecular weight excluding hydrogens is 301 g/mol. The smallest absolute Gasteiger partial charge is 0.275 e. The van der Waals surface area contributed by atoms with E-state index in [1.807, 2.05) is 0 Å². The molecule has 0 radical (unpaired) electrons. The van der Waals surface area contributed by atoms with E-state index in [9.17, 15) is 12.8 Å². The summed E-state index contributed by atoms with van der Waals surface area (Å²) in [6.07, 6.45) is 0. The summed E-state index contributed by atoms with van der Waals surface area (Å²) >= 11 is 0. The lowest BCUT2D eigenvalue weighted by Gasteiger charge is -2.20. The fraction of sp³-hybridized carbons (Fsp3) is 0.462. The third-order valence-corrected chi connectivity index (χ3v) is 4.80. The van der Waals surface area contributed by atoms with Crippen molar-refractivity contribution in [3.05, 3.63) is 29.8 Å². The molecule has 1 aromatic carbocycles. The zero-order valence-electron chi connectivity index (χ0n) is 12.0. The van der Waals surface area contributed by atoms with Crippen LogP contribution in [0.2, 0.25) is 0 Å². The van der Waals surface area contributed by atoms with Gasteiger partial charge in [0, 0.05) is 0 Å². The largest absolute Gasteiger partial charge is 0.497 e. The zero-order chi connectivity index (χ0) is 16.0. The van der Waals surface area contributed by atoms with E-state index in [0.717, 1.165) is 7.11 Å². The van der Waals surface area contributed by atoms with E-state index in [4.69, 9.17) is 9.94 Å². The molecule has 0 saturated carbocycles. The first-order chi connectivity index (χ1) is 9.91. The number of alkyl halides is 1. The molecular formula is C13H18FNO5S. The molecule has 21 heavy (non-hydrogen) atoms. The molecule has 1 N–H and O–H groups in total. The van der Waals surface area contributed by atoms with Crippen molar-refractivity contribution in [3.63, 3.8) is 0 Å². The number of oxime groups is 1. The molecule has 1 rings (SSSR count). The maximum absolute atomic E-state index is 13.4. The van der Waals surface area contributed by atoms with Crippen LogP contribution in [0.15, 0.2) is 29.4 Å². The van der Waals surface area contributed by atoms with E-state index in [1.165, 1.54) is 14.0 Å². The van der Waals surface area contributed by atoms with Gasteiger partial charge in [0.1, 0.15) is 17.7 Å². The van der Waals surface area contributed by atoms with Crippen LogP contribution in [-0.2, 0) is 14.3 Å². The van der Waals surface area contributed by atoms with Crippen molar-refractivity contribution in [1.82, 2.24) is 0 Å². The minimum Gasteiger partial charge on any atom is -0.497 e. The van der Waals surface area contributed by atoms with Gasteiger partial charge in [-0.05, 0) is 24.6 Å². The Morgan fingerprint density at radius 3 is 2.29 bits per heavy atom. The number of ether oxygens (including phenoxy) is 1. The molecule has 2 unspecified atom stereocenters. The fourth-order valence-electron chi connectivity index (χ4n) is 1.90. The Balaban J connectivity index is 3.16. The topological polar surface area (TPSA) is 85.2 Å². The molecule has 0 fully saturated rings. The number of hydrogen-bond donors (Lipinski definition) is 1. The lowest BCUT2D eigenvalue weighted by Crippen LogP contribution is -2.33. The third kappa shape index (κ3) is 3.92. The van der Waals surface area contributed by atoms with Gasteiger partial charge in [0.2, 0.25) is 0 Å². The average molecular weight is 319 g/mol. The Labute approximate surface area is 123 Å². The van der Waals surface area contributed by atoms with Crippen molar-refractivity contribution in [2.45, 2.75) is 18.1 Å². The van der Waals surface area contributed by atoms with Crippen LogP contribution in [0.3, 0.4) is 0 Å². The summed E-state index contributed by atoms with van der Waals surface area (Å²) in [5.74, 6) is -0.405. The monoisotopic (exact) mass is 319 g/mol. The maximum atomic E-state index is 13.4. The van der Waals surface area contributed by atoms with E-state index in [1.54, 1.807) is 24.3 Å². The molecule has 0 bridgehead atoms. The molecule has 6 nitrogen and oxygen atoms in total. The van der Waals surface area contributed by atoms with E-state index in [2.05, 4.69) is 9.34 Å². The highest BCUT2D eigenvalue weighted by molar-refractivity contribution is 7.88. The molecule has 0 aliphatic carbocycles. The van der Waals surface area contributed by atoms with Gasteiger partial charge in [-0.15, -0.1) is 0 Å². The normalized spacial score (nSPS) is 15.5. The van der Waals surface area contributed by atoms with Crippen LogP contribution in [0, 0.1) is 0 Å². The summed E-state index contributed by atoms with van der Waals surface area (Å²) < 4.78 is 46.1. The van der Waals surface area contributed by atoms with Crippen molar-refractivity contribution in [1.29, 1.82) is 0 Å². The number of benzene rings is 1. The summed E-state index contributed by atoms with van der Waals surface area (Å²) in [5, 5.41) is 10.8. The van der Waals surface area contributed by atoms with Crippen LogP contribution in [-0.4, -0.2) is 45.5 Å². The van der Waals surface area contributed by atoms with Crippen molar-refractivity contribution in [3.8, 4) is 5.75 Å². The van der Waals surface area contributed by atoms with E-state index >= 15 is 0 Å². The SMILES string of the molecule is COc1ccc(C(CF)C(=NO)C(C)S(=O)(=O)OC)cc1. The predicted octanol–water partition coefficient (Wildman–Crippen LogP) is 1.94. The van der Waals surface area contributed by atoms with E-state index in [0.29, 0.717) is 11.3 Å². The molecule has 0 heterocycles. The van der Waals surface area contributed by atoms with E-state index < -0.39 is 28.0 Å². The highest BCUT2D eigenvalue weighted by Crippen LogP contribution is 2.25. The number of nitrogens with zero attached hydrogens (tertiary/aromatic N) is 1. The Bertz CT molecular complexity index is 585. The molecule has 0 aliphatic rings. The van der Waals surface area contributed by atoms with Gasteiger partial charge in [0.05, 0.1) is 25.8 Å². The van der Waals surface area contributed by atoms with Gasteiger partial charge in [-0.2, -0.15) is 8.42 Å². The van der Waals surface area contributed by atoms with Crippen LogP contribution < -0.4 is 4.74 Å². The average Bonchev–Trinajstić information content (AvgIpc) is 2.52. The number of rotatable bonds is 7. The van der Waals surface area contributed by atoms with Gasteiger partial charge in [-0.3, -0.25) is 8.57 Å². The van der Waals surface area contributed by atoms with Gasteiger partial charge in [-0.1, -0.05) is 17.3 Å². The summed E-state index contributed by atoms with van der Waals surface area (Å²) in [4.78, 5) is 0. The minimum absolute atomic E-state index is 0.218. The Morgan fingerprint density at radius 1 is 1.33 bits per heavy atom. The standard InChI is InChI=1S/C13H18FNO5S/c1-9(21(17,18)20-3)13(15-16)12(8-14)10-4-6-11(19-2)7-5-10/h4-7,9,12,16H,8H2,1-3H3. The molecule has 8 heteroatoms. The fourth-order valence-corrected chi connectivity index (χ4v) is 2.70. The zero-order valence-corrected chi connectivity index (χ0v) is 12.8. The quantitative estimate of drug-likeness (QED) is 0.359. The highest BCUT2D eigenvalue weighted by atomic mass is 32.2. The molecule has 118 valence electrons. The van der Waals surface area contributed by atoms with Crippen molar-refractivity contribution in [2.75, 3.05) is 20.9 Å². The van der Waals surface area contributed by atoms with E-state index in [-0.39, 0.29) is 5.71 Å². The molecule has 2 atom stereocenters. The second-order valence-electron chi connectivity index (χ2n) is 4.31. The summed E-state index contributed by atoms with van der Waals surface area (Å²) in [6, 6.07) is 6.39. The van der Waals surface area contributed by atoms with Crippen LogP contribution in [0.5, 0.6) is 5.75 Å². The molecule has 0 saturated heterocycles. The lowest BCUT2D eigenvalue weighted by atomic mass is 9.93. The summed E-state index contributed by atoms with van der Waals surface area (Å²) in [6.45, 7) is 0.370. The number of hydrogen-bond acceptors (Lipinski definition) is 6. The molecule has 0 spiro atoms. The second-order valence-corrected chi connectivity index (χ2v) is 6.33. The number of methoxy groups -OCH3 is 1. The summed E-state index contributed by atoms with van der Waals surface area (Å²) in [5.41, 5.74) is 0.258. The van der Waals surface area contributed by atoms with Gasteiger partial charge in [-0.25, -0.2) is 0 Å². The van der Waals surface area contributed by atoms with Crippen molar-refractivity contribution >= 4 is 15.8 Å². The molecule has 0 aliphatic heterocycles. The first-order valence-electron chi connectivity index (χ1n) is 6.12. The minimum atomic E-state index is -3.97. The Kier molecular flexibility index (Phi) is 6.10. The van der Waals surface area contributed by atoms with Crippen molar-refractivity contribution in [2.24, 2.45) is 5.16 Å². The lowest BCUT2D eigenvalue weighted by molar-refractivity contribution is 0.312. The van der Waals surface area contributed by atoms with Crippen LogP contribution in [0.4, 0.5) is 4.39 Å². The van der Waals surface area contributed by atoms with Gasteiger partial charge >= 0.3 is 0 Å². The number of halogens is 1. The van der Waals surface area contributed by atoms with Crippen LogP contribution in [0.1, 0.15) is 18.4 Å². The van der Waals surface area contributed by atoms with Crippen LogP contribution in [0.25, 0.3) is 0 Å². The first kappa shape index (κ1) is 17.4. The summed E-state index contributed by atoms with van der Waals surface area (Å²) in [7, 11) is -1.47. The van der Waals surface area contributed by atoms with Gasteiger partial charge in [0.15, 0.2) is 0 Å². The third-order valence-electron chi connectivity index (χ3n) is 3.23. The van der Waals surface area contributed by atoms with Crippen molar-refractivity contribution < 1.29 is 26.9 Å². The van der Waals surface area contributed by atoms with Crippen LogP contribution >= 0.6 is 0 Å². The maximum Gasteiger partial charge on any atom is 0.275 e. The molecule has 1 aromatic rings. The van der Waals surface area contributed by atoms with Gasteiger partial charge in [0.25, 0.3) is 10.1 Å². The Hall–Kier alpha value is -1.67. The first-order valence-corrected chi connectivity index (χ1v) is 7.59. The Morgan fingerprint density at radius 2 is 1.90 bits per heavy atom.